The second-order valence-corrected chi connectivity index (χ2v) is 11.3. The first-order valence-electron chi connectivity index (χ1n) is 14.4. The van der Waals surface area contributed by atoms with Crippen molar-refractivity contribution in [1.82, 2.24) is 29.4 Å². The number of imidazole rings is 1. The summed E-state index contributed by atoms with van der Waals surface area (Å²) in [5.74, 6) is 1.39. The highest BCUT2D eigenvalue weighted by Crippen LogP contribution is 2.33. The summed E-state index contributed by atoms with van der Waals surface area (Å²) in [6.07, 6.45) is 7.93. The molecule has 4 heterocycles. The van der Waals surface area contributed by atoms with E-state index in [0.29, 0.717) is 34.6 Å². The predicted octanol–water partition coefficient (Wildman–Crippen LogP) is 7.42. The smallest absolute Gasteiger partial charge is 0.229 e. The molecule has 5 rings (SSSR count). The molecule has 212 valence electrons. The van der Waals surface area contributed by atoms with E-state index in [1.807, 2.05) is 37.6 Å². The van der Waals surface area contributed by atoms with Gasteiger partial charge in [0.2, 0.25) is 5.95 Å². The quantitative estimate of drug-likeness (QED) is 0.235. The number of aryl methyl sites for hydroxylation is 1. The summed E-state index contributed by atoms with van der Waals surface area (Å²) < 4.78 is 31.8. The van der Waals surface area contributed by atoms with Crippen molar-refractivity contribution < 1.29 is 8.78 Å². The average molecular weight is 548 g/mol. The lowest BCUT2D eigenvalue weighted by Gasteiger charge is -2.35. The minimum Gasteiger partial charge on any atom is -0.326 e. The molecule has 1 saturated heterocycles. The summed E-state index contributed by atoms with van der Waals surface area (Å²) in [5.41, 5.74) is 2.42. The van der Waals surface area contributed by atoms with Gasteiger partial charge in [0.15, 0.2) is 11.6 Å². The standard InChI is InChI=1S/C31H39F2N7/c1-6-7-12-39-13-10-22(11-14-39)20(4)23-8-9-28(34-17-23)37-31-35-18-26(33)29(38-31)24-15-25(32)30-27(16-24)40(19(2)3)21(5)36-30/h8-9,15-20,22H,6-7,10-14H2,1-5H3,(H,34,35,37,38)/t20-/m0/s1. The second-order valence-electron chi connectivity index (χ2n) is 11.3. The fourth-order valence-corrected chi connectivity index (χ4v) is 5.88. The fraction of sp³-hybridized carbons (Fsp3) is 0.484. The van der Waals surface area contributed by atoms with Crippen LogP contribution >= 0.6 is 0 Å². The van der Waals surface area contributed by atoms with Gasteiger partial charge in [0.05, 0.1) is 11.7 Å². The predicted molar refractivity (Wildman–Crippen MR) is 156 cm³/mol. The second kappa shape index (κ2) is 12.0. The Kier molecular flexibility index (Phi) is 8.40. The zero-order chi connectivity index (χ0) is 28.4. The van der Waals surface area contributed by atoms with Crippen molar-refractivity contribution in [3.63, 3.8) is 0 Å². The van der Waals surface area contributed by atoms with Crippen LogP contribution in [0.1, 0.15) is 76.7 Å². The van der Waals surface area contributed by atoms with Gasteiger partial charge < -0.3 is 14.8 Å². The van der Waals surface area contributed by atoms with E-state index in [0.717, 1.165) is 6.20 Å². The van der Waals surface area contributed by atoms with E-state index in [1.165, 1.54) is 56.9 Å². The van der Waals surface area contributed by atoms with Gasteiger partial charge in [-0.25, -0.2) is 28.7 Å². The number of nitrogens with one attached hydrogen (secondary N) is 1. The number of anilines is 2. The van der Waals surface area contributed by atoms with Crippen molar-refractivity contribution in [1.29, 1.82) is 0 Å². The summed E-state index contributed by atoms with van der Waals surface area (Å²) in [4.78, 5) is 20.0. The Bertz CT molecular complexity index is 1460. The molecule has 0 unspecified atom stereocenters. The molecule has 1 atom stereocenters. The van der Waals surface area contributed by atoms with E-state index in [9.17, 15) is 4.39 Å². The zero-order valence-corrected chi connectivity index (χ0v) is 24.1. The maximum Gasteiger partial charge on any atom is 0.229 e. The molecule has 0 saturated carbocycles. The molecule has 9 heteroatoms. The van der Waals surface area contributed by atoms with E-state index in [1.54, 1.807) is 6.07 Å². The molecular weight excluding hydrogens is 508 g/mol. The number of unbranched alkanes of at least 4 members (excludes halogenated alkanes) is 1. The first-order valence-corrected chi connectivity index (χ1v) is 14.4. The van der Waals surface area contributed by atoms with E-state index in [-0.39, 0.29) is 23.2 Å². The van der Waals surface area contributed by atoms with Crippen molar-refractivity contribution in [2.24, 2.45) is 5.92 Å². The van der Waals surface area contributed by atoms with Gasteiger partial charge in [-0.2, -0.15) is 0 Å². The Balaban J connectivity index is 1.31. The summed E-state index contributed by atoms with van der Waals surface area (Å²) in [5, 5.41) is 3.08. The topological polar surface area (TPSA) is 71.8 Å². The van der Waals surface area contributed by atoms with Crippen molar-refractivity contribution in [3.8, 4) is 11.3 Å². The molecule has 1 fully saturated rings. The molecule has 1 N–H and O–H groups in total. The summed E-state index contributed by atoms with van der Waals surface area (Å²) >= 11 is 0. The molecule has 0 amide bonds. The van der Waals surface area contributed by atoms with Crippen molar-refractivity contribution in [3.05, 3.63) is 59.7 Å². The minimum absolute atomic E-state index is 0.0166. The summed E-state index contributed by atoms with van der Waals surface area (Å²) in [6, 6.07) is 7.08. The van der Waals surface area contributed by atoms with Crippen LogP contribution in [-0.2, 0) is 0 Å². The maximum absolute atomic E-state index is 15.0. The maximum atomic E-state index is 15.0. The van der Waals surface area contributed by atoms with Gasteiger partial charge in [-0.05, 0) is 95.3 Å². The van der Waals surface area contributed by atoms with Crippen LogP contribution in [-0.4, -0.2) is 49.0 Å². The summed E-state index contributed by atoms with van der Waals surface area (Å²) in [7, 11) is 0. The number of pyridine rings is 1. The van der Waals surface area contributed by atoms with Crippen LogP contribution in [0.5, 0.6) is 0 Å². The molecule has 7 nitrogen and oxygen atoms in total. The molecule has 1 aromatic carbocycles. The number of hydrogen-bond acceptors (Lipinski definition) is 6. The minimum atomic E-state index is -0.630. The average Bonchev–Trinajstić information content (AvgIpc) is 3.30. The molecule has 0 radical (unpaired) electrons. The lowest BCUT2D eigenvalue weighted by Crippen LogP contribution is -2.35. The Morgan fingerprint density at radius 2 is 1.77 bits per heavy atom. The van der Waals surface area contributed by atoms with E-state index in [4.69, 9.17) is 0 Å². The Morgan fingerprint density at radius 3 is 2.45 bits per heavy atom. The van der Waals surface area contributed by atoms with Gasteiger partial charge in [0.1, 0.15) is 22.9 Å². The Labute approximate surface area is 235 Å². The highest BCUT2D eigenvalue weighted by molar-refractivity contribution is 5.83. The van der Waals surface area contributed by atoms with Crippen LogP contribution in [0.3, 0.4) is 0 Å². The number of nitrogens with zero attached hydrogens (tertiary/aromatic N) is 6. The van der Waals surface area contributed by atoms with Gasteiger partial charge >= 0.3 is 0 Å². The third-order valence-corrected chi connectivity index (χ3v) is 8.18. The van der Waals surface area contributed by atoms with Crippen LogP contribution in [0.15, 0.2) is 36.7 Å². The van der Waals surface area contributed by atoms with Crippen LogP contribution < -0.4 is 5.32 Å². The highest BCUT2D eigenvalue weighted by Gasteiger charge is 2.25. The number of halogens is 2. The van der Waals surface area contributed by atoms with E-state index >= 15 is 4.39 Å². The molecule has 1 aliphatic rings. The number of aromatic nitrogens is 5. The molecule has 0 aliphatic carbocycles. The van der Waals surface area contributed by atoms with Crippen LogP contribution in [0, 0.1) is 24.5 Å². The Hall–Kier alpha value is -3.46. The lowest BCUT2D eigenvalue weighted by molar-refractivity contribution is 0.169. The molecular formula is C31H39F2N7. The van der Waals surface area contributed by atoms with Crippen LogP contribution in [0.2, 0.25) is 0 Å². The van der Waals surface area contributed by atoms with E-state index in [2.05, 4.69) is 50.1 Å². The van der Waals surface area contributed by atoms with Gasteiger partial charge in [0.25, 0.3) is 0 Å². The first kappa shape index (κ1) is 28.1. The first-order chi connectivity index (χ1) is 19.2. The van der Waals surface area contributed by atoms with Crippen LogP contribution in [0.4, 0.5) is 20.5 Å². The molecule has 40 heavy (non-hydrogen) atoms. The van der Waals surface area contributed by atoms with Crippen molar-refractivity contribution in [2.45, 2.75) is 72.3 Å². The molecule has 0 spiro atoms. The van der Waals surface area contributed by atoms with Crippen molar-refractivity contribution in [2.75, 3.05) is 25.0 Å². The number of rotatable bonds is 9. The van der Waals surface area contributed by atoms with Crippen molar-refractivity contribution >= 4 is 22.8 Å². The van der Waals surface area contributed by atoms with Gasteiger partial charge in [0, 0.05) is 17.8 Å². The number of benzene rings is 1. The Morgan fingerprint density at radius 1 is 1.00 bits per heavy atom. The highest BCUT2D eigenvalue weighted by atomic mass is 19.1. The van der Waals surface area contributed by atoms with Gasteiger partial charge in [-0.15, -0.1) is 0 Å². The fourth-order valence-electron chi connectivity index (χ4n) is 5.88. The molecule has 1 aliphatic heterocycles. The molecule has 0 bridgehead atoms. The number of piperidine rings is 1. The van der Waals surface area contributed by atoms with Gasteiger partial charge in [-0.3, -0.25) is 0 Å². The SMILES string of the molecule is CCCCN1CCC([C@H](C)c2ccc(Nc3ncc(F)c(-c4cc(F)c5nc(C)n(C(C)C)c5c4)n3)nc2)CC1. The van der Waals surface area contributed by atoms with E-state index < -0.39 is 11.6 Å². The summed E-state index contributed by atoms with van der Waals surface area (Å²) in [6.45, 7) is 13.9. The number of hydrogen-bond donors (Lipinski definition) is 1. The normalized spacial score (nSPS) is 15.7. The molecule has 4 aromatic rings. The number of likely N-dealkylation sites (tertiary alicyclic amines) is 1. The van der Waals surface area contributed by atoms with Crippen LogP contribution in [0.25, 0.3) is 22.3 Å². The third kappa shape index (κ3) is 5.84. The monoisotopic (exact) mass is 547 g/mol. The number of fused-ring (bicyclic) bond motifs is 1. The molecule has 3 aromatic heterocycles. The third-order valence-electron chi connectivity index (χ3n) is 8.18. The lowest BCUT2D eigenvalue weighted by atomic mass is 9.82. The zero-order valence-electron chi connectivity index (χ0n) is 24.1. The van der Waals surface area contributed by atoms with Gasteiger partial charge in [-0.1, -0.05) is 26.3 Å². The largest absolute Gasteiger partial charge is 0.326 e.